The van der Waals surface area contributed by atoms with Gasteiger partial charge in [-0.05, 0) is 26.0 Å². The summed E-state index contributed by atoms with van der Waals surface area (Å²) < 4.78 is 7.19. The normalized spacial score (nSPS) is 14.8. The van der Waals surface area contributed by atoms with Crippen molar-refractivity contribution in [1.82, 2.24) is 29.9 Å². The van der Waals surface area contributed by atoms with Crippen molar-refractivity contribution >= 4 is 35.8 Å². The van der Waals surface area contributed by atoms with Gasteiger partial charge in [-0.3, -0.25) is 4.79 Å². The van der Waals surface area contributed by atoms with E-state index in [-0.39, 0.29) is 29.9 Å². The van der Waals surface area contributed by atoms with Crippen LogP contribution in [0, 0.1) is 0 Å². The number of aryl methyl sites for hydroxylation is 1. The highest BCUT2D eigenvalue weighted by Gasteiger charge is 2.25. The smallest absolute Gasteiger partial charge is 0.289 e. The van der Waals surface area contributed by atoms with E-state index in [9.17, 15) is 4.79 Å². The average molecular weight is 487 g/mol. The second-order valence-electron chi connectivity index (χ2n) is 5.96. The predicted octanol–water partition coefficient (Wildman–Crippen LogP) is 1.43. The Kier molecular flexibility index (Phi) is 8.07. The molecule has 0 atom stereocenters. The summed E-state index contributed by atoms with van der Waals surface area (Å²) in [5.74, 6) is 2.00. The highest BCUT2D eigenvalue weighted by Crippen LogP contribution is 2.10. The summed E-state index contributed by atoms with van der Waals surface area (Å²) in [6.45, 7) is 8.88. The first-order valence-corrected chi connectivity index (χ1v) is 8.95. The number of hydrogen-bond acceptors (Lipinski definition) is 5. The molecule has 0 aliphatic carbocycles. The number of hydrogen-bond donors (Lipinski definition) is 1. The Morgan fingerprint density at radius 2 is 2.00 bits per heavy atom. The van der Waals surface area contributed by atoms with Crippen LogP contribution < -0.4 is 5.32 Å². The molecule has 1 saturated heterocycles. The molecule has 0 unspecified atom stereocenters. The van der Waals surface area contributed by atoms with E-state index in [1.165, 1.54) is 6.26 Å². The first-order chi connectivity index (χ1) is 12.7. The Bertz CT molecular complexity index is 736. The van der Waals surface area contributed by atoms with E-state index in [1.807, 2.05) is 16.4 Å². The van der Waals surface area contributed by atoms with Crippen molar-refractivity contribution in [3.8, 4) is 0 Å². The number of aliphatic imine (C=N–C) groups is 1. The second kappa shape index (κ2) is 10.3. The Morgan fingerprint density at radius 1 is 1.26 bits per heavy atom. The first-order valence-electron chi connectivity index (χ1n) is 8.95. The number of carbonyl (C=O) groups is 1. The molecule has 0 bridgehead atoms. The number of rotatable bonds is 5. The third-order valence-corrected chi connectivity index (χ3v) is 4.34. The highest BCUT2D eigenvalue weighted by molar-refractivity contribution is 14.0. The number of nitrogens with one attached hydrogen (secondary N) is 1. The Labute approximate surface area is 175 Å². The summed E-state index contributed by atoms with van der Waals surface area (Å²) >= 11 is 0. The standard InChI is InChI=1S/C17H25N7O2.HI/c1-3-18-17(19-12-15-21-20-13-22(15)4-2)24-9-7-23(8-10-24)16(25)14-6-5-11-26-14;/h5-6,11,13H,3-4,7-10,12H2,1-2H3,(H,18,19);1H. The maximum atomic E-state index is 12.4. The van der Waals surface area contributed by atoms with Gasteiger partial charge < -0.3 is 24.1 Å². The van der Waals surface area contributed by atoms with E-state index in [4.69, 9.17) is 9.41 Å². The second-order valence-corrected chi connectivity index (χ2v) is 5.96. The summed E-state index contributed by atoms with van der Waals surface area (Å²) in [5.41, 5.74) is 0. The zero-order chi connectivity index (χ0) is 18.4. The van der Waals surface area contributed by atoms with E-state index < -0.39 is 0 Å². The van der Waals surface area contributed by atoms with Crippen molar-refractivity contribution in [3.63, 3.8) is 0 Å². The minimum absolute atomic E-state index is 0. The molecule has 148 valence electrons. The lowest BCUT2D eigenvalue weighted by atomic mass is 10.3. The van der Waals surface area contributed by atoms with Crippen molar-refractivity contribution < 1.29 is 9.21 Å². The number of nitrogens with zero attached hydrogens (tertiary/aromatic N) is 6. The zero-order valence-electron chi connectivity index (χ0n) is 15.7. The fourth-order valence-corrected chi connectivity index (χ4v) is 2.91. The summed E-state index contributed by atoms with van der Waals surface area (Å²) in [4.78, 5) is 21.0. The Hall–Kier alpha value is -2.11. The first kappa shape index (κ1) is 21.2. The van der Waals surface area contributed by atoms with E-state index in [2.05, 4.69) is 27.3 Å². The fraction of sp³-hybridized carbons (Fsp3) is 0.529. The molecule has 1 aliphatic rings. The minimum atomic E-state index is -0.0624. The van der Waals surface area contributed by atoms with E-state index >= 15 is 0 Å². The van der Waals surface area contributed by atoms with Crippen molar-refractivity contribution in [1.29, 1.82) is 0 Å². The SMILES string of the molecule is CCNC(=NCc1nncn1CC)N1CCN(C(=O)c2ccco2)CC1.I. The number of furan rings is 1. The van der Waals surface area contributed by atoms with Crippen LogP contribution in [0.3, 0.4) is 0 Å². The Balaban J connectivity index is 0.00000261. The predicted molar refractivity (Wildman–Crippen MR) is 112 cm³/mol. The van der Waals surface area contributed by atoms with Crippen molar-refractivity contribution in [2.75, 3.05) is 32.7 Å². The summed E-state index contributed by atoms with van der Waals surface area (Å²) in [6.07, 6.45) is 3.24. The monoisotopic (exact) mass is 487 g/mol. The van der Waals surface area contributed by atoms with Crippen LogP contribution in [0.5, 0.6) is 0 Å². The number of amides is 1. The summed E-state index contributed by atoms with van der Waals surface area (Å²) in [7, 11) is 0. The van der Waals surface area contributed by atoms with Gasteiger partial charge >= 0.3 is 0 Å². The number of piperazine rings is 1. The lowest BCUT2D eigenvalue weighted by Gasteiger charge is -2.36. The molecule has 2 aromatic rings. The van der Waals surface area contributed by atoms with Gasteiger partial charge in [0.1, 0.15) is 12.9 Å². The van der Waals surface area contributed by atoms with Gasteiger partial charge in [-0.2, -0.15) is 0 Å². The minimum Gasteiger partial charge on any atom is -0.459 e. The number of aromatic nitrogens is 3. The van der Waals surface area contributed by atoms with E-state index in [1.54, 1.807) is 18.5 Å². The van der Waals surface area contributed by atoms with Crippen LogP contribution in [-0.2, 0) is 13.1 Å². The lowest BCUT2D eigenvalue weighted by molar-refractivity contribution is 0.0657. The Morgan fingerprint density at radius 3 is 2.63 bits per heavy atom. The van der Waals surface area contributed by atoms with Crippen LogP contribution in [0.15, 0.2) is 34.1 Å². The molecule has 1 fully saturated rings. The molecule has 27 heavy (non-hydrogen) atoms. The van der Waals surface area contributed by atoms with Gasteiger partial charge in [0.2, 0.25) is 0 Å². The van der Waals surface area contributed by atoms with Crippen molar-refractivity contribution in [3.05, 3.63) is 36.3 Å². The van der Waals surface area contributed by atoms with Crippen LogP contribution >= 0.6 is 24.0 Å². The molecule has 0 saturated carbocycles. The van der Waals surface area contributed by atoms with Crippen LogP contribution in [0.4, 0.5) is 0 Å². The van der Waals surface area contributed by atoms with Gasteiger partial charge in [-0.15, -0.1) is 34.2 Å². The third-order valence-electron chi connectivity index (χ3n) is 4.34. The largest absolute Gasteiger partial charge is 0.459 e. The molecular weight excluding hydrogens is 461 g/mol. The highest BCUT2D eigenvalue weighted by atomic mass is 127. The number of carbonyl (C=O) groups excluding carboxylic acids is 1. The molecular formula is C17H26IN7O2. The van der Waals surface area contributed by atoms with Crippen LogP contribution in [0.25, 0.3) is 0 Å². The van der Waals surface area contributed by atoms with Gasteiger partial charge in [0.05, 0.1) is 6.26 Å². The van der Waals surface area contributed by atoms with E-state index in [0.29, 0.717) is 25.4 Å². The molecule has 1 amide bonds. The van der Waals surface area contributed by atoms with E-state index in [0.717, 1.165) is 38.0 Å². The zero-order valence-corrected chi connectivity index (χ0v) is 18.0. The molecule has 0 radical (unpaired) electrons. The van der Waals surface area contributed by atoms with Gasteiger partial charge in [0, 0.05) is 39.3 Å². The molecule has 3 rings (SSSR count). The van der Waals surface area contributed by atoms with Gasteiger partial charge in [-0.1, -0.05) is 0 Å². The van der Waals surface area contributed by atoms with Gasteiger partial charge in [-0.25, -0.2) is 4.99 Å². The molecule has 10 heteroatoms. The average Bonchev–Trinajstić information content (AvgIpc) is 3.36. The molecule has 1 aliphatic heterocycles. The van der Waals surface area contributed by atoms with Crippen molar-refractivity contribution in [2.45, 2.75) is 26.9 Å². The molecule has 0 spiro atoms. The van der Waals surface area contributed by atoms with Gasteiger partial charge in [0.25, 0.3) is 5.91 Å². The fourth-order valence-electron chi connectivity index (χ4n) is 2.91. The summed E-state index contributed by atoms with van der Waals surface area (Å²) in [6, 6.07) is 3.43. The lowest BCUT2D eigenvalue weighted by Crippen LogP contribution is -2.53. The molecule has 1 N–H and O–H groups in total. The maximum absolute atomic E-state index is 12.4. The third kappa shape index (κ3) is 5.21. The molecule has 0 aromatic carbocycles. The maximum Gasteiger partial charge on any atom is 0.289 e. The summed E-state index contributed by atoms with van der Waals surface area (Å²) in [5, 5.41) is 11.4. The van der Waals surface area contributed by atoms with Crippen LogP contribution in [0.1, 0.15) is 30.2 Å². The quantitative estimate of drug-likeness (QED) is 0.390. The van der Waals surface area contributed by atoms with Crippen LogP contribution in [-0.4, -0.2) is 69.2 Å². The number of halogens is 1. The molecule has 3 heterocycles. The topological polar surface area (TPSA) is 91.8 Å². The van der Waals surface area contributed by atoms with Crippen molar-refractivity contribution in [2.24, 2.45) is 4.99 Å². The molecule has 2 aromatic heterocycles. The number of guanidine groups is 1. The van der Waals surface area contributed by atoms with Gasteiger partial charge in [0.15, 0.2) is 17.5 Å². The van der Waals surface area contributed by atoms with Crippen LogP contribution in [0.2, 0.25) is 0 Å². The molecule has 9 nitrogen and oxygen atoms in total.